The summed E-state index contributed by atoms with van der Waals surface area (Å²) in [5, 5.41) is 14.7. The number of allylic oxidation sites excluding steroid dienone is 1. The lowest BCUT2D eigenvalue weighted by Crippen LogP contribution is -2.57. The molecule has 5 rings (SSSR count). The number of hydrogen-bond donors (Lipinski definition) is 2. The second-order valence-electron chi connectivity index (χ2n) is 14.4. The lowest BCUT2D eigenvalue weighted by Gasteiger charge is -2.35. The average Bonchev–Trinajstić information content (AvgIpc) is 3.29. The predicted molar refractivity (Wildman–Crippen MR) is 178 cm³/mol. The molecule has 5 atom stereocenters. The van der Waals surface area contributed by atoms with Crippen molar-refractivity contribution in [3.8, 4) is 16.5 Å². The largest absolute Gasteiger partial charge is 0.481 e. The third-order valence-corrected chi connectivity index (χ3v) is 9.47. The second-order valence-corrected chi connectivity index (χ2v) is 15.4. The quantitative estimate of drug-likeness (QED) is 0.254. The van der Waals surface area contributed by atoms with E-state index in [1.54, 1.807) is 26.8 Å². The van der Waals surface area contributed by atoms with Crippen LogP contribution >= 0.6 is 11.3 Å². The summed E-state index contributed by atoms with van der Waals surface area (Å²) < 4.78 is 11.9. The standard InChI is InChI=1S/C35H42N4O7S/c1-8-20-17-35(20,31(42)43)18-25(40)24-16-21(19-39(24)30(41)28(33(2,3)4)38-32(44)46-34(5,6)7)45-29-27(26-14-11-15-47-26)36-22-12-9-10-13-23(22)37-29/h8-15,20-21,24,28H,1,16-19H2,2-7H3,(H,38,44)(H,42,43)/t20-,21-,24+,28-,35-/m1/s1. The van der Waals surface area contributed by atoms with Gasteiger partial charge < -0.3 is 24.8 Å². The number of nitrogens with zero attached hydrogens (tertiary/aromatic N) is 3. The van der Waals surface area contributed by atoms with Crippen LogP contribution in [-0.4, -0.2) is 74.1 Å². The minimum absolute atomic E-state index is 0.0150. The van der Waals surface area contributed by atoms with Gasteiger partial charge in [0.1, 0.15) is 23.4 Å². The van der Waals surface area contributed by atoms with E-state index in [-0.39, 0.29) is 37.0 Å². The summed E-state index contributed by atoms with van der Waals surface area (Å²) >= 11 is 1.48. The first-order valence-electron chi connectivity index (χ1n) is 15.7. The number of para-hydroxylation sites is 2. The molecule has 0 radical (unpaired) electrons. The first kappa shape index (κ1) is 34.0. The fraction of sp³-hybridized carbons (Fsp3) is 0.486. The Morgan fingerprint density at radius 3 is 2.34 bits per heavy atom. The molecule has 2 aliphatic rings. The van der Waals surface area contributed by atoms with Crippen molar-refractivity contribution >= 4 is 46.1 Å². The van der Waals surface area contributed by atoms with E-state index in [0.29, 0.717) is 23.1 Å². The molecule has 2 amide bonds. The number of carbonyl (C=O) groups is 4. The molecule has 0 unspecified atom stereocenters. The molecule has 2 fully saturated rings. The number of hydrogen-bond acceptors (Lipinski definition) is 9. The maximum absolute atomic E-state index is 14.4. The molecule has 0 bridgehead atoms. The molecular weight excluding hydrogens is 620 g/mol. The van der Waals surface area contributed by atoms with Gasteiger partial charge in [-0.05, 0) is 62.1 Å². The third-order valence-electron chi connectivity index (χ3n) is 8.60. The first-order valence-corrected chi connectivity index (χ1v) is 16.6. The number of carbonyl (C=O) groups excluding carboxylic acids is 3. The number of ketones is 1. The Morgan fingerprint density at radius 1 is 1.11 bits per heavy atom. The first-order chi connectivity index (χ1) is 22.0. The van der Waals surface area contributed by atoms with Crippen LogP contribution in [0.4, 0.5) is 4.79 Å². The summed E-state index contributed by atoms with van der Waals surface area (Å²) in [4.78, 5) is 65.4. The smallest absolute Gasteiger partial charge is 0.408 e. The van der Waals surface area contributed by atoms with Crippen LogP contribution in [0, 0.1) is 16.7 Å². The molecule has 3 aromatic rings. The van der Waals surface area contributed by atoms with Crippen molar-refractivity contribution in [2.24, 2.45) is 16.7 Å². The van der Waals surface area contributed by atoms with Gasteiger partial charge in [-0.15, -0.1) is 17.9 Å². The highest BCUT2D eigenvalue weighted by Gasteiger charge is 2.61. The summed E-state index contributed by atoms with van der Waals surface area (Å²) in [6.07, 6.45) is 0.301. The van der Waals surface area contributed by atoms with E-state index in [9.17, 15) is 24.3 Å². The van der Waals surface area contributed by atoms with Gasteiger partial charge in [0.25, 0.3) is 0 Å². The molecule has 1 aromatic carbocycles. The number of fused-ring (bicyclic) bond motifs is 1. The molecule has 3 heterocycles. The molecule has 11 nitrogen and oxygen atoms in total. The molecule has 1 aliphatic heterocycles. The normalized spacial score (nSPS) is 23.2. The van der Waals surface area contributed by atoms with Crippen LogP contribution in [0.25, 0.3) is 21.6 Å². The number of benzene rings is 1. The number of nitrogens with one attached hydrogen (secondary N) is 1. The predicted octanol–water partition coefficient (Wildman–Crippen LogP) is 5.88. The topological polar surface area (TPSA) is 148 Å². The minimum atomic E-state index is -1.25. The molecular formula is C35H42N4O7S. The number of aromatic nitrogens is 2. The van der Waals surface area contributed by atoms with E-state index < -0.39 is 52.6 Å². The zero-order valence-corrected chi connectivity index (χ0v) is 28.4. The highest BCUT2D eigenvalue weighted by Crippen LogP contribution is 2.56. The number of rotatable bonds is 10. The number of carboxylic acids is 1. The number of alkyl carbamates (subject to hydrolysis) is 1. The summed E-state index contributed by atoms with van der Waals surface area (Å²) in [6, 6.07) is 9.21. The van der Waals surface area contributed by atoms with Gasteiger partial charge in [-0.3, -0.25) is 14.4 Å². The lowest BCUT2D eigenvalue weighted by molar-refractivity contribution is -0.147. The summed E-state index contributed by atoms with van der Waals surface area (Å²) in [7, 11) is 0. The van der Waals surface area contributed by atoms with Crippen molar-refractivity contribution in [3.05, 3.63) is 54.4 Å². The van der Waals surface area contributed by atoms with Crippen LogP contribution in [0.5, 0.6) is 5.88 Å². The van der Waals surface area contributed by atoms with E-state index in [1.165, 1.54) is 16.2 Å². The van der Waals surface area contributed by atoms with Gasteiger partial charge in [-0.2, -0.15) is 0 Å². The molecule has 1 saturated carbocycles. The highest BCUT2D eigenvalue weighted by molar-refractivity contribution is 7.13. The van der Waals surface area contributed by atoms with Gasteiger partial charge in [-0.1, -0.05) is 45.0 Å². The Kier molecular flexibility index (Phi) is 9.20. The van der Waals surface area contributed by atoms with Gasteiger partial charge in [0.15, 0.2) is 5.78 Å². The van der Waals surface area contributed by atoms with Gasteiger partial charge >= 0.3 is 12.1 Å². The fourth-order valence-corrected chi connectivity index (χ4v) is 6.77. The third kappa shape index (κ3) is 7.32. The average molecular weight is 663 g/mol. The van der Waals surface area contributed by atoms with Crippen molar-refractivity contribution in [3.63, 3.8) is 0 Å². The summed E-state index contributed by atoms with van der Waals surface area (Å²) in [5.41, 5.74) is -0.935. The molecule has 2 N–H and O–H groups in total. The second kappa shape index (κ2) is 12.7. The number of aliphatic carboxylic acids is 1. The number of likely N-dealkylation sites (tertiary alicyclic amines) is 1. The summed E-state index contributed by atoms with van der Waals surface area (Å²) in [6.45, 7) is 14.4. The maximum Gasteiger partial charge on any atom is 0.408 e. The van der Waals surface area contributed by atoms with Crippen molar-refractivity contribution in [2.75, 3.05) is 6.54 Å². The Morgan fingerprint density at radius 2 is 1.79 bits per heavy atom. The molecule has 12 heteroatoms. The summed E-state index contributed by atoms with van der Waals surface area (Å²) in [5.74, 6) is -2.00. The van der Waals surface area contributed by atoms with Crippen LogP contribution in [0.2, 0.25) is 0 Å². The van der Waals surface area contributed by atoms with E-state index in [1.807, 2.05) is 62.5 Å². The number of Topliss-reactive ketones (excluding diaryl/α,β-unsaturated/α-hetero) is 1. The van der Waals surface area contributed by atoms with Crippen LogP contribution in [0.3, 0.4) is 0 Å². The van der Waals surface area contributed by atoms with E-state index in [4.69, 9.17) is 19.4 Å². The van der Waals surface area contributed by atoms with Crippen LogP contribution in [0.1, 0.15) is 60.8 Å². The molecule has 1 saturated heterocycles. The van der Waals surface area contributed by atoms with Gasteiger partial charge in [0.05, 0.1) is 33.9 Å². The molecule has 47 heavy (non-hydrogen) atoms. The van der Waals surface area contributed by atoms with Crippen LogP contribution in [0.15, 0.2) is 54.4 Å². The SMILES string of the molecule is C=C[C@@H]1C[C@]1(CC(=O)[C@@H]1C[C@@H](Oc2nc3ccccc3nc2-c2cccs2)CN1C(=O)[C@@H](NC(=O)OC(C)(C)C)C(C)(C)C)C(=O)O. The Labute approximate surface area is 278 Å². The number of thiophene rings is 1. The monoisotopic (exact) mass is 662 g/mol. The van der Waals surface area contributed by atoms with E-state index in [0.717, 1.165) is 4.88 Å². The minimum Gasteiger partial charge on any atom is -0.481 e. The fourth-order valence-electron chi connectivity index (χ4n) is 6.07. The molecule has 2 aromatic heterocycles. The zero-order valence-electron chi connectivity index (χ0n) is 27.6. The van der Waals surface area contributed by atoms with E-state index in [2.05, 4.69) is 11.9 Å². The molecule has 250 valence electrons. The van der Waals surface area contributed by atoms with Crippen molar-refractivity contribution in [1.29, 1.82) is 0 Å². The Balaban J connectivity index is 1.48. The maximum atomic E-state index is 14.4. The Hall–Kier alpha value is -4.32. The Bertz CT molecular complexity index is 1690. The van der Waals surface area contributed by atoms with Gasteiger partial charge in [0, 0.05) is 12.8 Å². The zero-order chi connectivity index (χ0) is 34.3. The van der Waals surface area contributed by atoms with Crippen LogP contribution < -0.4 is 10.1 Å². The van der Waals surface area contributed by atoms with Gasteiger partial charge in [-0.25, -0.2) is 14.8 Å². The van der Waals surface area contributed by atoms with Crippen molar-refractivity contribution in [1.82, 2.24) is 20.2 Å². The van der Waals surface area contributed by atoms with Crippen molar-refractivity contribution in [2.45, 2.75) is 84.6 Å². The van der Waals surface area contributed by atoms with Crippen molar-refractivity contribution < 1.29 is 33.8 Å². The number of amides is 2. The lowest BCUT2D eigenvalue weighted by atomic mass is 9.85. The number of ether oxygens (including phenoxy) is 2. The number of carboxylic acid groups (broad SMARTS) is 1. The highest BCUT2D eigenvalue weighted by atomic mass is 32.1. The molecule has 1 aliphatic carbocycles. The van der Waals surface area contributed by atoms with Gasteiger partial charge in [0.2, 0.25) is 11.8 Å². The molecule has 0 spiro atoms. The van der Waals surface area contributed by atoms with Crippen LogP contribution in [-0.2, 0) is 19.1 Å². The van der Waals surface area contributed by atoms with E-state index >= 15 is 0 Å².